The summed E-state index contributed by atoms with van der Waals surface area (Å²) in [6, 6.07) is 0.226. The number of rotatable bonds is 7. The molecule has 0 bridgehead atoms. The van der Waals surface area contributed by atoms with Crippen LogP contribution in [0.2, 0.25) is 0 Å². The van der Waals surface area contributed by atoms with Crippen LogP contribution in [0.15, 0.2) is 0 Å². The zero-order valence-electron chi connectivity index (χ0n) is 21.9. The molecular formula is C23H43N7O4. The quantitative estimate of drug-likeness (QED) is 0.393. The predicted octanol–water partition coefficient (Wildman–Crippen LogP) is 2.89. The predicted molar refractivity (Wildman–Crippen MR) is 129 cm³/mol. The third-order valence-electron chi connectivity index (χ3n) is 6.85. The van der Waals surface area contributed by atoms with Crippen molar-refractivity contribution in [2.75, 3.05) is 23.8 Å². The number of hydrogen-bond donors (Lipinski definition) is 5. The molecule has 3 heterocycles. The molecule has 1 aromatic heterocycles. The Morgan fingerprint density at radius 1 is 0.794 bits per heavy atom. The summed E-state index contributed by atoms with van der Waals surface area (Å²) >= 11 is 0. The van der Waals surface area contributed by atoms with Gasteiger partial charge in [0.15, 0.2) is 0 Å². The number of aliphatic hydroxyl groups excluding tert-OH is 1. The average molecular weight is 482 g/mol. The van der Waals surface area contributed by atoms with Gasteiger partial charge in [0.05, 0.1) is 6.61 Å². The van der Waals surface area contributed by atoms with E-state index >= 15 is 0 Å². The molecule has 1 aromatic rings. The lowest BCUT2D eigenvalue weighted by atomic mass is 9.79. The normalized spacial score (nSPS) is 25.1. The van der Waals surface area contributed by atoms with Gasteiger partial charge in [0, 0.05) is 47.6 Å². The van der Waals surface area contributed by atoms with E-state index in [0.29, 0.717) is 44.1 Å². The Bertz CT molecular complexity index is 763. The first kappa shape index (κ1) is 26.8. The molecule has 0 saturated carbocycles. The number of ether oxygens (including phenoxy) is 1. The van der Waals surface area contributed by atoms with Crippen LogP contribution >= 0.6 is 0 Å². The van der Waals surface area contributed by atoms with E-state index in [2.05, 4.69) is 25.6 Å². The van der Waals surface area contributed by atoms with Gasteiger partial charge < -0.3 is 30.9 Å². The fraction of sp³-hybridized carbons (Fsp3) is 0.870. The van der Waals surface area contributed by atoms with Crippen molar-refractivity contribution in [1.82, 2.24) is 25.1 Å². The number of aliphatic hydroxyl groups is 1. The van der Waals surface area contributed by atoms with Gasteiger partial charge in [-0.1, -0.05) is 0 Å². The summed E-state index contributed by atoms with van der Waals surface area (Å²) in [5, 5.41) is 39.7. The molecule has 0 spiro atoms. The minimum absolute atomic E-state index is 0.0323. The zero-order valence-corrected chi connectivity index (χ0v) is 21.9. The van der Waals surface area contributed by atoms with Gasteiger partial charge in [-0.15, -0.1) is 0 Å². The lowest BCUT2D eigenvalue weighted by molar-refractivity contribution is -0.255. The minimum atomic E-state index is -0.464. The molecule has 194 valence electrons. The SMILES string of the molecule is CC1(C)CC(Nc2nc(NCCO)nc(OC3CC(C)(C)N(O)C(C)(C)C3)n2)CC(C)(C)N1O. The second-order valence-corrected chi connectivity index (χ2v) is 12.2. The van der Waals surface area contributed by atoms with E-state index in [1.54, 1.807) is 0 Å². The highest BCUT2D eigenvalue weighted by Crippen LogP contribution is 2.39. The largest absolute Gasteiger partial charge is 0.460 e. The second-order valence-electron chi connectivity index (χ2n) is 12.2. The molecule has 2 aliphatic heterocycles. The minimum Gasteiger partial charge on any atom is -0.460 e. The molecule has 11 heteroatoms. The molecule has 3 rings (SSSR count). The molecule has 0 radical (unpaired) electrons. The van der Waals surface area contributed by atoms with E-state index in [-0.39, 0.29) is 24.8 Å². The smallest absolute Gasteiger partial charge is 0.323 e. The van der Waals surface area contributed by atoms with Crippen LogP contribution in [0.1, 0.15) is 81.1 Å². The molecule has 11 nitrogen and oxygen atoms in total. The maximum atomic E-state index is 10.6. The van der Waals surface area contributed by atoms with Crippen molar-refractivity contribution < 1.29 is 20.3 Å². The Morgan fingerprint density at radius 3 is 1.76 bits per heavy atom. The molecule has 34 heavy (non-hydrogen) atoms. The Labute approximate surface area is 202 Å². The van der Waals surface area contributed by atoms with Crippen molar-refractivity contribution in [1.29, 1.82) is 0 Å². The molecule has 0 atom stereocenters. The summed E-state index contributed by atoms with van der Waals surface area (Å²) < 4.78 is 6.23. The summed E-state index contributed by atoms with van der Waals surface area (Å²) in [5.74, 6) is 0.698. The van der Waals surface area contributed by atoms with E-state index in [9.17, 15) is 15.5 Å². The van der Waals surface area contributed by atoms with Gasteiger partial charge in [-0.05, 0) is 68.2 Å². The summed E-state index contributed by atoms with van der Waals surface area (Å²) in [6.07, 6.45) is 2.43. The molecule has 2 fully saturated rings. The standard InChI is InChI=1S/C23H43N7O4/c1-20(2)11-15(12-21(3,4)29(20)32)25-18-26-17(24-9-10-31)27-19(28-18)34-16-13-22(5,6)30(33)23(7,8)14-16/h15-16,31-33H,9-14H2,1-8H3,(H2,24,25,26,27,28). The van der Waals surface area contributed by atoms with E-state index in [1.165, 1.54) is 10.1 Å². The maximum Gasteiger partial charge on any atom is 0.323 e. The molecule has 0 amide bonds. The number of nitrogens with one attached hydrogen (secondary N) is 2. The number of aromatic nitrogens is 3. The van der Waals surface area contributed by atoms with Crippen LogP contribution in [0.25, 0.3) is 0 Å². The van der Waals surface area contributed by atoms with Crippen LogP contribution in [0.4, 0.5) is 11.9 Å². The average Bonchev–Trinajstić information content (AvgIpc) is 2.67. The Morgan fingerprint density at radius 2 is 1.26 bits per heavy atom. The summed E-state index contributed by atoms with van der Waals surface area (Å²) in [5.41, 5.74) is -1.76. The van der Waals surface area contributed by atoms with Crippen LogP contribution in [0.5, 0.6) is 6.01 Å². The first-order valence-electron chi connectivity index (χ1n) is 12.1. The van der Waals surface area contributed by atoms with Crippen molar-refractivity contribution in [2.45, 2.75) is 115 Å². The number of hydroxylamine groups is 4. The molecular weight excluding hydrogens is 438 g/mol. The summed E-state index contributed by atoms with van der Waals surface area (Å²) in [6.45, 7) is 16.2. The lowest BCUT2D eigenvalue weighted by Crippen LogP contribution is -2.61. The lowest BCUT2D eigenvalue weighted by Gasteiger charge is -2.51. The third-order valence-corrected chi connectivity index (χ3v) is 6.85. The van der Waals surface area contributed by atoms with Crippen molar-refractivity contribution in [2.24, 2.45) is 0 Å². The van der Waals surface area contributed by atoms with E-state index < -0.39 is 22.2 Å². The molecule has 0 aromatic carbocycles. The molecule has 2 saturated heterocycles. The highest BCUT2D eigenvalue weighted by Gasteiger charge is 2.47. The van der Waals surface area contributed by atoms with Crippen LogP contribution in [-0.2, 0) is 0 Å². The van der Waals surface area contributed by atoms with Gasteiger partial charge in [-0.25, -0.2) is 0 Å². The monoisotopic (exact) mass is 481 g/mol. The first-order chi connectivity index (χ1) is 15.6. The van der Waals surface area contributed by atoms with Gasteiger partial charge in [0.2, 0.25) is 11.9 Å². The van der Waals surface area contributed by atoms with Gasteiger partial charge in [-0.3, -0.25) is 0 Å². The van der Waals surface area contributed by atoms with Crippen molar-refractivity contribution >= 4 is 11.9 Å². The number of hydrogen-bond acceptors (Lipinski definition) is 11. The second kappa shape index (κ2) is 9.34. The van der Waals surface area contributed by atoms with E-state index in [4.69, 9.17) is 4.74 Å². The van der Waals surface area contributed by atoms with Crippen LogP contribution in [0.3, 0.4) is 0 Å². The maximum absolute atomic E-state index is 10.6. The number of piperidine rings is 2. The Balaban J connectivity index is 1.83. The van der Waals surface area contributed by atoms with Gasteiger partial charge >= 0.3 is 6.01 Å². The number of anilines is 2. The molecule has 0 aliphatic carbocycles. The molecule has 2 aliphatic rings. The van der Waals surface area contributed by atoms with Crippen LogP contribution < -0.4 is 15.4 Å². The fourth-order valence-corrected chi connectivity index (χ4v) is 5.69. The zero-order chi connectivity index (χ0) is 25.5. The third kappa shape index (κ3) is 5.88. The van der Waals surface area contributed by atoms with Crippen molar-refractivity contribution in [3.8, 4) is 6.01 Å². The fourth-order valence-electron chi connectivity index (χ4n) is 5.69. The highest BCUT2D eigenvalue weighted by molar-refractivity contribution is 5.37. The topological polar surface area (TPSA) is 139 Å². The summed E-state index contributed by atoms with van der Waals surface area (Å²) in [7, 11) is 0. The Kier molecular flexibility index (Phi) is 7.37. The van der Waals surface area contributed by atoms with Crippen molar-refractivity contribution in [3.63, 3.8) is 0 Å². The number of nitrogens with zero attached hydrogens (tertiary/aromatic N) is 5. The molecule has 0 unspecified atom stereocenters. The van der Waals surface area contributed by atoms with E-state index in [0.717, 1.165) is 0 Å². The van der Waals surface area contributed by atoms with Gasteiger partial charge in [0.25, 0.3) is 0 Å². The highest BCUT2D eigenvalue weighted by atomic mass is 16.5. The first-order valence-corrected chi connectivity index (χ1v) is 12.1. The van der Waals surface area contributed by atoms with Crippen molar-refractivity contribution in [3.05, 3.63) is 0 Å². The van der Waals surface area contributed by atoms with Gasteiger partial charge in [-0.2, -0.15) is 25.1 Å². The van der Waals surface area contributed by atoms with Crippen LogP contribution in [0, 0.1) is 0 Å². The van der Waals surface area contributed by atoms with Gasteiger partial charge in [0.1, 0.15) is 6.10 Å². The molecule has 5 N–H and O–H groups in total. The summed E-state index contributed by atoms with van der Waals surface area (Å²) in [4.78, 5) is 13.4. The van der Waals surface area contributed by atoms with E-state index in [1.807, 2.05) is 55.4 Å². The Hall–Kier alpha value is -1.79. The van der Waals surface area contributed by atoms with Crippen LogP contribution in [-0.4, -0.2) is 88.1 Å².